The second-order valence-electron chi connectivity index (χ2n) is 4.20. The zero-order valence-electron chi connectivity index (χ0n) is 12.0. The van der Waals surface area contributed by atoms with Crippen LogP contribution in [0, 0.1) is 6.92 Å². The summed E-state index contributed by atoms with van der Waals surface area (Å²) in [6.07, 6.45) is -0.00157. The van der Waals surface area contributed by atoms with E-state index in [0.717, 1.165) is 0 Å². The maximum Gasteiger partial charge on any atom is 0.317 e. The van der Waals surface area contributed by atoms with Gasteiger partial charge in [0.1, 0.15) is 6.54 Å². The summed E-state index contributed by atoms with van der Waals surface area (Å²) in [5.74, 6) is 1.00. The lowest BCUT2D eigenvalue weighted by molar-refractivity contribution is 0.0759. The molecular formula is C12H22N4O3. The van der Waals surface area contributed by atoms with Crippen molar-refractivity contribution in [3.63, 3.8) is 0 Å². The fourth-order valence-corrected chi connectivity index (χ4v) is 1.58. The quantitative estimate of drug-likeness (QED) is 0.808. The standard InChI is InChI=1S/C12H22N4O3/c1-5-16(8-11-14-10(4)15-19-11)12(17)13-7-9(3)18-6-2/h9H,5-8H2,1-4H3,(H,13,17)/t9-/m1/s1. The van der Waals surface area contributed by atoms with Gasteiger partial charge < -0.3 is 19.5 Å². The highest BCUT2D eigenvalue weighted by atomic mass is 16.5. The van der Waals surface area contributed by atoms with E-state index in [9.17, 15) is 4.79 Å². The molecule has 1 heterocycles. The summed E-state index contributed by atoms with van der Waals surface area (Å²) < 4.78 is 10.4. The number of hydrogen-bond donors (Lipinski definition) is 1. The van der Waals surface area contributed by atoms with Crippen LogP contribution in [0.25, 0.3) is 0 Å². The summed E-state index contributed by atoms with van der Waals surface area (Å²) in [5.41, 5.74) is 0. The Bertz CT molecular complexity index is 394. The molecule has 0 spiro atoms. The molecular weight excluding hydrogens is 248 g/mol. The minimum atomic E-state index is -0.162. The highest BCUT2D eigenvalue weighted by Crippen LogP contribution is 2.02. The molecule has 1 atom stereocenters. The lowest BCUT2D eigenvalue weighted by Crippen LogP contribution is -2.42. The van der Waals surface area contributed by atoms with E-state index in [1.807, 2.05) is 20.8 Å². The van der Waals surface area contributed by atoms with Crippen LogP contribution < -0.4 is 5.32 Å². The van der Waals surface area contributed by atoms with Crippen LogP contribution in [0.1, 0.15) is 32.5 Å². The Labute approximate surface area is 113 Å². The summed E-state index contributed by atoms with van der Waals surface area (Å²) in [5, 5.41) is 6.51. The van der Waals surface area contributed by atoms with Crippen LogP contribution in [0.5, 0.6) is 0 Å². The average Bonchev–Trinajstić information content (AvgIpc) is 2.79. The Kier molecular flexibility index (Phi) is 6.27. The molecule has 1 aromatic heterocycles. The topological polar surface area (TPSA) is 80.5 Å². The number of ether oxygens (including phenoxy) is 1. The molecule has 0 fully saturated rings. The summed E-state index contributed by atoms with van der Waals surface area (Å²) in [4.78, 5) is 17.6. The van der Waals surface area contributed by atoms with Crippen LogP contribution in [0.15, 0.2) is 4.52 Å². The molecule has 2 amide bonds. The summed E-state index contributed by atoms with van der Waals surface area (Å²) >= 11 is 0. The molecule has 108 valence electrons. The van der Waals surface area contributed by atoms with E-state index in [1.165, 1.54) is 0 Å². The number of carbonyl (C=O) groups is 1. The van der Waals surface area contributed by atoms with Gasteiger partial charge in [0.05, 0.1) is 6.10 Å². The molecule has 1 aromatic rings. The zero-order valence-corrected chi connectivity index (χ0v) is 12.0. The summed E-state index contributed by atoms with van der Waals surface area (Å²) in [6, 6.07) is -0.162. The first-order valence-corrected chi connectivity index (χ1v) is 6.50. The molecule has 7 nitrogen and oxygen atoms in total. The first kappa shape index (κ1) is 15.4. The molecule has 19 heavy (non-hydrogen) atoms. The molecule has 0 aliphatic rings. The number of hydrogen-bond acceptors (Lipinski definition) is 5. The lowest BCUT2D eigenvalue weighted by Gasteiger charge is -2.21. The van der Waals surface area contributed by atoms with Crippen molar-refractivity contribution in [3.8, 4) is 0 Å². The van der Waals surface area contributed by atoms with E-state index in [2.05, 4.69) is 15.5 Å². The second kappa shape index (κ2) is 7.73. The lowest BCUT2D eigenvalue weighted by atomic mass is 10.4. The van der Waals surface area contributed by atoms with Crippen LogP contribution in [-0.2, 0) is 11.3 Å². The van der Waals surface area contributed by atoms with E-state index in [4.69, 9.17) is 9.26 Å². The number of carbonyl (C=O) groups excluding carboxylic acids is 1. The monoisotopic (exact) mass is 270 g/mol. The van der Waals surface area contributed by atoms with Gasteiger partial charge in [0.25, 0.3) is 0 Å². The molecule has 0 radical (unpaired) electrons. The SMILES string of the molecule is CCO[C@H](C)CNC(=O)N(CC)Cc1nc(C)no1. The molecule has 0 unspecified atom stereocenters. The van der Waals surface area contributed by atoms with Gasteiger partial charge in [0.15, 0.2) is 5.82 Å². The van der Waals surface area contributed by atoms with Crippen molar-refractivity contribution in [3.05, 3.63) is 11.7 Å². The molecule has 1 rings (SSSR count). The van der Waals surface area contributed by atoms with E-state index in [0.29, 0.717) is 38.0 Å². The van der Waals surface area contributed by atoms with Gasteiger partial charge in [-0.15, -0.1) is 0 Å². The number of nitrogens with zero attached hydrogens (tertiary/aromatic N) is 3. The van der Waals surface area contributed by atoms with Gasteiger partial charge in [0, 0.05) is 19.7 Å². The third-order valence-corrected chi connectivity index (χ3v) is 2.56. The highest BCUT2D eigenvalue weighted by molar-refractivity contribution is 5.74. The van der Waals surface area contributed by atoms with Crippen molar-refractivity contribution in [2.75, 3.05) is 19.7 Å². The zero-order chi connectivity index (χ0) is 14.3. The number of aromatic nitrogens is 2. The minimum absolute atomic E-state index is 0.00157. The van der Waals surface area contributed by atoms with Crippen LogP contribution in [0.3, 0.4) is 0 Å². The Balaban J connectivity index is 2.43. The normalized spacial score (nSPS) is 12.2. The number of urea groups is 1. The first-order chi connectivity index (χ1) is 9.06. The highest BCUT2D eigenvalue weighted by Gasteiger charge is 2.15. The van der Waals surface area contributed by atoms with Crippen LogP contribution >= 0.6 is 0 Å². The van der Waals surface area contributed by atoms with Crippen molar-refractivity contribution >= 4 is 6.03 Å². The molecule has 0 saturated carbocycles. The Morgan fingerprint density at radius 2 is 2.26 bits per heavy atom. The van der Waals surface area contributed by atoms with E-state index in [-0.39, 0.29) is 12.1 Å². The number of nitrogens with one attached hydrogen (secondary N) is 1. The fourth-order valence-electron chi connectivity index (χ4n) is 1.58. The molecule has 0 aliphatic heterocycles. The minimum Gasteiger partial charge on any atom is -0.377 e. The molecule has 1 N–H and O–H groups in total. The smallest absolute Gasteiger partial charge is 0.317 e. The van der Waals surface area contributed by atoms with E-state index in [1.54, 1.807) is 11.8 Å². The van der Waals surface area contributed by atoms with Gasteiger partial charge in [-0.3, -0.25) is 0 Å². The maximum atomic E-state index is 12.0. The Morgan fingerprint density at radius 1 is 1.53 bits per heavy atom. The van der Waals surface area contributed by atoms with Crippen molar-refractivity contribution in [2.45, 2.75) is 40.3 Å². The molecule has 0 saturated heterocycles. The number of rotatable bonds is 7. The predicted molar refractivity (Wildman–Crippen MR) is 69.6 cm³/mol. The third-order valence-electron chi connectivity index (χ3n) is 2.56. The van der Waals surface area contributed by atoms with Crippen LogP contribution in [0.4, 0.5) is 4.79 Å². The van der Waals surface area contributed by atoms with E-state index < -0.39 is 0 Å². The largest absolute Gasteiger partial charge is 0.377 e. The predicted octanol–water partition coefficient (Wildman–Crippen LogP) is 1.33. The number of aryl methyl sites for hydroxylation is 1. The summed E-state index contributed by atoms with van der Waals surface area (Å²) in [7, 11) is 0. The van der Waals surface area contributed by atoms with Gasteiger partial charge in [0.2, 0.25) is 5.89 Å². The van der Waals surface area contributed by atoms with Gasteiger partial charge in [-0.25, -0.2) is 4.79 Å². The fraction of sp³-hybridized carbons (Fsp3) is 0.750. The molecule has 7 heteroatoms. The molecule has 0 aliphatic carbocycles. The third kappa shape index (κ3) is 5.25. The average molecular weight is 270 g/mol. The van der Waals surface area contributed by atoms with Gasteiger partial charge in [-0.1, -0.05) is 5.16 Å². The van der Waals surface area contributed by atoms with Crippen molar-refractivity contribution in [1.82, 2.24) is 20.4 Å². The van der Waals surface area contributed by atoms with Crippen molar-refractivity contribution in [2.24, 2.45) is 0 Å². The van der Waals surface area contributed by atoms with Crippen molar-refractivity contribution < 1.29 is 14.1 Å². The van der Waals surface area contributed by atoms with Gasteiger partial charge >= 0.3 is 6.03 Å². The summed E-state index contributed by atoms with van der Waals surface area (Å²) in [6.45, 7) is 9.47. The number of amides is 2. The molecule has 0 bridgehead atoms. The Morgan fingerprint density at radius 3 is 2.79 bits per heavy atom. The first-order valence-electron chi connectivity index (χ1n) is 6.50. The van der Waals surface area contributed by atoms with Gasteiger partial charge in [-0.05, 0) is 27.7 Å². The Hall–Kier alpha value is -1.63. The van der Waals surface area contributed by atoms with Crippen molar-refractivity contribution in [1.29, 1.82) is 0 Å². The maximum absolute atomic E-state index is 12.0. The molecule has 0 aromatic carbocycles. The van der Waals surface area contributed by atoms with Crippen LogP contribution in [-0.4, -0.2) is 46.9 Å². The second-order valence-corrected chi connectivity index (χ2v) is 4.20. The van der Waals surface area contributed by atoms with E-state index >= 15 is 0 Å². The van der Waals surface area contributed by atoms with Gasteiger partial charge in [-0.2, -0.15) is 4.98 Å². The van der Waals surface area contributed by atoms with Crippen LogP contribution in [0.2, 0.25) is 0 Å².